The Kier molecular flexibility index (Phi) is 5.52. The van der Waals surface area contributed by atoms with Gasteiger partial charge >= 0.3 is 0 Å². The molecule has 0 bridgehead atoms. The van der Waals surface area contributed by atoms with E-state index in [0.29, 0.717) is 34.1 Å². The molecule has 0 aliphatic rings. The van der Waals surface area contributed by atoms with Crippen LogP contribution in [0.1, 0.15) is 15.9 Å². The van der Waals surface area contributed by atoms with Crippen molar-refractivity contribution in [2.45, 2.75) is 0 Å². The van der Waals surface area contributed by atoms with E-state index in [-0.39, 0.29) is 17.4 Å². The van der Waals surface area contributed by atoms with Gasteiger partial charge in [-0.05, 0) is 97.1 Å². The van der Waals surface area contributed by atoms with Gasteiger partial charge in [-0.15, -0.1) is 0 Å². The standard InChI is InChI=1S/C25H16F2O3/c26-19-5-13-23(14-6-19)29-21-9-1-17(2-10-21)25(28)18-3-11-22(12-4-18)30-24-15-7-20(27)8-16-24/h1-16H. The minimum Gasteiger partial charge on any atom is -0.457 e. The number of ether oxygens (including phenoxy) is 2. The zero-order valence-corrected chi connectivity index (χ0v) is 15.7. The molecule has 0 spiro atoms. The second-order valence-electron chi connectivity index (χ2n) is 6.49. The number of rotatable bonds is 6. The van der Waals surface area contributed by atoms with Crippen molar-refractivity contribution in [3.8, 4) is 23.0 Å². The van der Waals surface area contributed by atoms with E-state index in [1.807, 2.05) is 0 Å². The molecular formula is C25H16F2O3. The van der Waals surface area contributed by atoms with Crippen molar-refractivity contribution in [3.63, 3.8) is 0 Å². The maximum absolute atomic E-state index is 13.0. The van der Waals surface area contributed by atoms with Crippen LogP contribution < -0.4 is 9.47 Å². The molecule has 4 aromatic carbocycles. The van der Waals surface area contributed by atoms with Crippen molar-refractivity contribution in [1.29, 1.82) is 0 Å². The van der Waals surface area contributed by atoms with Crippen LogP contribution in [0, 0.1) is 11.6 Å². The SMILES string of the molecule is O=C(c1ccc(Oc2ccc(F)cc2)cc1)c1ccc(Oc2ccc(F)cc2)cc1. The zero-order valence-electron chi connectivity index (χ0n) is 15.7. The number of hydrogen-bond acceptors (Lipinski definition) is 3. The van der Waals surface area contributed by atoms with Gasteiger partial charge in [-0.3, -0.25) is 4.79 Å². The molecule has 0 radical (unpaired) electrons. The van der Waals surface area contributed by atoms with E-state index in [1.165, 1.54) is 48.5 Å². The largest absolute Gasteiger partial charge is 0.457 e. The predicted octanol–water partition coefficient (Wildman–Crippen LogP) is 6.78. The molecule has 0 saturated heterocycles. The molecule has 0 unspecified atom stereocenters. The predicted molar refractivity (Wildman–Crippen MR) is 109 cm³/mol. The highest BCUT2D eigenvalue weighted by molar-refractivity contribution is 6.09. The van der Waals surface area contributed by atoms with Crippen LogP contribution in [-0.4, -0.2) is 5.78 Å². The summed E-state index contributed by atoms with van der Waals surface area (Å²) in [7, 11) is 0. The summed E-state index contributed by atoms with van der Waals surface area (Å²) >= 11 is 0. The van der Waals surface area contributed by atoms with Gasteiger partial charge < -0.3 is 9.47 Å². The smallest absolute Gasteiger partial charge is 0.193 e. The molecule has 0 heterocycles. The van der Waals surface area contributed by atoms with Crippen LogP contribution in [0.15, 0.2) is 97.1 Å². The highest BCUT2D eigenvalue weighted by Crippen LogP contribution is 2.25. The van der Waals surface area contributed by atoms with E-state index in [1.54, 1.807) is 48.5 Å². The van der Waals surface area contributed by atoms with Gasteiger partial charge in [0, 0.05) is 11.1 Å². The summed E-state index contributed by atoms with van der Waals surface area (Å²) in [4.78, 5) is 12.7. The van der Waals surface area contributed by atoms with E-state index in [2.05, 4.69) is 0 Å². The summed E-state index contributed by atoms with van der Waals surface area (Å²) in [6.07, 6.45) is 0. The Balaban J connectivity index is 1.42. The minimum atomic E-state index is -0.336. The van der Waals surface area contributed by atoms with Gasteiger partial charge in [0.05, 0.1) is 0 Å². The maximum Gasteiger partial charge on any atom is 0.193 e. The first-order valence-electron chi connectivity index (χ1n) is 9.18. The Labute approximate surface area is 172 Å². The van der Waals surface area contributed by atoms with Crippen LogP contribution in [0.4, 0.5) is 8.78 Å². The van der Waals surface area contributed by atoms with Crippen molar-refractivity contribution in [2.75, 3.05) is 0 Å². The molecule has 0 amide bonds. The van der Waals surface area contributed by atoms with Crippen molar-refractivity contribution in [3.05, 3.63) is 120 Å². The molecular weight excluding hydrogens is 386 g/mol. The van der Waals surface area contributed by atoms with E-state index < -0.39 is 0 Å². The summed E-state index contributed by atoms with van der Waals surface area (Å²) in [6.45, 7) is 0. The lowest BCUT2D eigenvalue weighted by Gasteiger charge is -2.08. The highest BCUT2D eigenvalue weighted by atomic mass is 19.1. The first kappa shape index (κ1) is 19.3. The summed E-state index contributed by atoms with van der Waals surface area (Å²) < 4.78 is 37.2. The Bertz CT molecular complexity index is 1040. The quantitative estimate of drug-likeness (QED) is 0.334. The fraction of sp³-hybridized carbons (Fsp3) is 0. The lowest BCUT2D eigenvalue weighted by Crippen LogP contribution is -2.01. The molecule has 0 fully saturated rings. The van der Waals surface area contributed by atoms with Crippen LogP contribution in [-0.2, 0) is 0 Å². The lowest BCUT2D eigenvalue weighted by atomic mass is 10.0. The topological polar surface area (TPSA) is 35.5 Å². The maximum atomic E-state index is 13.0. The molecule has 148 valence electrons. The third kappa shape index (κ3) is 4.70. The summed E-state index contributed by atoms with van der Waals surface area (Å²) in [5.41, 5.74) is 1.02. The number of carbonyl (C=O) groups is 1. The fourth-order valence-electron chi connectivity index (χ4n) is 2.79. The van der Waals surface area contributed by atoms with Crippen LogP contribution in [0.2, 0.25) is 0 Å². The first-order chi connectivity index (χ1) is 14.6. The third-order valence-electron chi connectivity index (χ3n) is 4.33. The second kappa shape index (κ2) is 8.57. The molecule has 0 atom stereocenters. The Morgan fingerprint density at radius 2 is 0.733 bits per heavy atom. The highest BCUT2D eigenvalue weighted by Gasteiger charge is 2.10. The molecule has 4 aromatic rings. The average molecular weight is 402 g/mol. The zero-order chi connectivity index (χ0) is 20.9. The number of hydrogen-bond donors (Lipinski definition) is 0. The van der Waals surface area contributed by atoms with Gasteiger partial charge in [-0.2, -0.15) is 0 Å². The molecule has 0 saturated carbocycles. The first-order valence-corrected chi connectivity index (χ1v) is 9.18. The fourth-order valence-corrected chi connectivity index (χ4v) is 2.79. The second-order valence-corrected chi connectivity index (χ2v) is 6.49. The van der Waals surface area contributed by atoms with Gasteiger partial charge in [0.15, 0.2) is 5.78 Å². The van der Waals surface area contributed by atoms with Crippen molar-refractivity contribution in [2.24, 2.45) is 0 Å². The lowest BCUT2D eigenvalue weighted by molar-refractivity contribution is 0.103. The number of carbonyl (C=O) groups excluding carboxylic acids is 1. The normalized spacial score (nSPS) is 10.5. The van der Waals surface area contributed by atoms with Crippen LogP contribution >= 0.6 is 0 Å². The van der Waals surface area contributed by atoms with Gasteiger partial charge in [0.1, 0.15) is 34.6 Å². The van der Waals surface area contributed by atoms with Gasteiger partial charge in [0.2, 0.25) is 0 Å². The number of ketones is 1. The van der Waals surface area contributed by atoms with Crippen molar-refractivity contribution in [1.82, 2.24) is 0 Å². The minimum absolute atomic E-state index is 0.142. The summed E-state index contributed by atoms with van der Waals surface area (Å²) in [6, 6.07) is 24.8. The van der Waals surface area contributed by atoms with E-state index in [0.717, 1.165) is 0 Å². The van der Waals surface area contributed by atoms with E-state index >= 15 is 0 Å². The Morgan fingerprint density at radius 3 is 1.03 bits per heavy atom. The van der Waals surface area contributed by atoms with Gasteiger partial charge in [0.25, 0.3) is 0 Å². The molecule has 3 nitrogen and oxygen atoms in total. The molecule has 0 N–H and O–H groups in total. The number of halogens is 2. The summed E-state index contributed by atoms with van der Waals surface area (Å²) in [5.74, 6) is 1.29. The van der Waals surface area contributed by atoms with E-state index in [9.17, 15) is 13.6 Å². The molecule has 5 heteroatoms. The van der Waals surface area contributed by atoms with E-state index in [4.69, 9.17) is 9.47 Å². The average Bonchev–Trinajstić information content (AvgIpc) is 2.77. The molecule has 30 heavy (non-hydrogen) atoms. The molecule has 0 aromatic heterocycles. The van der Waals surface area contributed by atoms with Crippen LogP contribution in [0.25, 0.3) is 0 Å². The molecule has 4 rings (SSSR count). The van der Waals surface area contributed by atoms with Gasteiger partial charge in [-0.1, -0.05) is 0 Å². The Morgan fingerprint density at radius 1 is 0.467 bits per heavy atom. The van der Waals surface area contributed by atoms with Crippen LogP contribution in [0.5, 0.6) is 23.0 Å². The third-order valence-corrected chi connectivity index (χ3v) is 4.33. The molecule has 0 aliphatic carbocycles. The van der Waals surface area contributed by atoms with Crippen molar-refractivity contribution >= 4 is 5.78 Å². The number of benzene rings is 4. The Hall–Kier alpha value is -3.99. The monoisotopic (exact) mass is 402 g/mol. The molecule has 0 aliphatic heterocycles. The van der Waals surface area contributed by atoms with Crippen LogP contribution in [0.3, 0.4) is 0 Å². The van der Waals surface area contributed by atoms with Gasteiger partial charge in [-0.25, -0.2) is 8.78 Å². The van der Waals surface area contributed by atoms with Crippen molar-refractivity contribution < 1.29 is 23.0 Å². The summed E-state index contributed by atoms with van der Waals surface area (Å²) in [5, 5.41) is 0.